The molecular weight excluding hydrogens is 406 g/mol. The Bertz CT molecular complexity index is 884. The van der Waals surface area contributed by atoms with Crippen LogP contribution in [0.4, 0.5) is 0 Å². The first-order chi connectivity index (χ1) is 15.4. The number of hydrogen-bond acceptors (Lipinski definition) is 5. The number of aliphatic hydroxyl groups is 1. The molecule has 0 fully saturated rings. The van der Waals surface area contributed by atoms with E-state index >= 15 is 0 Å². The van der Waals surface area contributed by atoms with Crippen molar-refractivity contribution in [1.29, 1.82) is 0 Å². The SMILES string of the molecule is CC/C=C\C=C/C(=O)N/C=C/C[C@H]1C[C@@H](O)[C@@H](C)C/C=C/Cc2cccc(O)c2C(=O)O1. The molecule has 0 saturated carbocycles. The first kappa shape index (κ1) is 25.1. The van der Waals surface area contributed by atoms with Gasteiger partial charge in [-0.2, -0.15) is 0 Å². The van der Waals surface area contributed by atoms with Gasteiger partial charge in [0.1, 0.15) is 17.4 Å². The van der Waals surface area contributed by atoms with E-state index < -0.39 is 18.2 Å². The lowest BCUT2D eigenvalue weighted by Gasteiger charge is -2.24. The highest BCUT2D eigenvalue weighted by Crippen LogP contribution is 2.26. The first-order valence-corrected chi connectivity index (χ1v) is 11.1. The number of nitrogens with one attached hydrogen (secondary N) is 1. The Kier molecular flexibility index (Phi) is 10.5. The van der Waals surface area contributed by atoms with Gasteiger partial charge in [-0.05, 0) is 36.8 Å². The third kappa shape index (κ3) is 8.19. The van der Waals surface area contributed by atoms with Crippen molar-refractivity contribution >= 4 is 11.9 Å². The van der Waals surface area contributed by atoms with Gasteiger partial charge in [-0.3, -0.25) is 4.79 Å². The second-order valence-electron chi connectivity index (χ2n) is 7.87. The number of aromatic hydroxyl groups is 1. The summed E-state index contributed by atoms with van der Waals surface area (Å²) in [4.78, 5) is 24.6. The third-order valence-electron chi connectivity index (χ3n) is 5.25. The van der Waals surface area contributed by atoms with Crippen LogP contribution >= 0.6 is 0 Å². The molecule has 6 heteroatoms. The van der Waals surface area contributed by atoms with Crippen LogP contribution in [0.25, 0.3) is 0 Å². The highest BCUT2D eigenvalue weighted by molar-refractivity contribution is 5.94. The van der Waals surface area contributed by atoms with Gasteiger partial charge in [0.05, 0.1) is 6.10 Å². The van der Waals surface area contributed by atoms with Crippen LogP contribution in [0, 0.1) is 5.92 Å². The highest BCUT2D eigenvalue weighted by atomic mass is 16.5. The quantitative estimate of drug-likeness (QED) is 0.265. The van der Waals surface area contributed by atoms with E-state index in [1.54, 1.807) is 30.4 Å². The molecule has 32 heavy (non-hydrogen) atoms. The number of allylic oxidation sites excluding steroid dienone is 5. The standard InChI is InChI=1S/C26H33NO5/c1-3-4-5-6-16-24(30)27-17-10-14-21-18-23(29)19(2)11-7-8-12-20-13-9-15-22(28)25(20)26(31)32-21/h4-10,13,15-17,19,21,23,28-29H,3,11-12,14,18H2,1-2H3,(H,27,30)/b5-4-,8-7+,16-6-,17-10+/t19-,21-,23+/m0/s1. The number of carbonyl (C=O) groups excluding carboxylic acids is 2. The number of esters is 1. The predicted molar refractivity (Wildman–Crippen MR) is 125 cm³/mol. The normalized spacial score (nSPS) is 23.5. The molecule has 1 aliphatic heterocycles. The van der Waals surface area contributed by atoms with E-state index in [1.165, 1.54) is 18.3 Å². The maximum Gasteiger partial charge on any atom is 0.342 e. The number of benzene rings is 1. The zero-order valence-electron chi connectivity index (χ0n) is 18.7. The van der Waals surface area contributed by atoms with Crippen LogP contribution in [0.1, 0.15) is 55.5 Å². The highest BCUT2D eigenvalue weighted by Gasteiger charge is 2.25. The molecule has 1 aromatic rings. The van der Waals surface area contributed by atoms with Gasteiger partial charge >= 0.3 is 5.97 Å². The van der Waals surface area contributed by atoms with Gasteiger partial charge in [-0.25, -0.2) is 4.79 Å². The molecule has 1 amide bonds. The minimum atomic E-state index is -0.656. The Morgan fingerprint density at radius 3 is 2.84 bits per heavy atom. The molecule has 0 saturated heterocycles. The number of ether oxygens (including phenoxy) is 1. The molecule has 0 aliphatic carbocycles. The van der Waals surface area contributed by atoms with Crippen molar-refractivity contribution in [1.82, 2.24) is 5.32 Å². The van der Waals surface area contributed by atoms with Gasteiger partial charge in [0.15, 0.2) is 0 Å². The van der Waals surface area contributed by atoms with Crippen molar-refractivity contribution in [2.45, 2.75) is 58.2 Å². The van der Waals surface area contributed by atoms with Crippen LogP contribution in [-0.4, -0.2) is 34.3 Å². The molecule has 172 valence electrons. The summed E-state index contributed by atoms with van der Waals surface area (Å²) in [5.74, 6) is -1.02. The number of hydrogen-bond donors (Lipinski definition) is 3. The molecule has 1 heterocycles. The Labute approximate surface area is 190 Å². The van der Waals surface area contributed by atoms with Crippen LogP contribution in [0.3, 0.4) is 0 Å². The van der Waals surface area contributed by atoms with E-state index in [0.717, 1.165) is 6.42 Å². The van der Waals surface area contributed by atoms with E-state index in [1.807, 2.05) is 32.1 Å². The summed E-state index contributed by atoms with van der Waals surface area (Å²) in [6.07, 6.45) is 15.3. The fourth-order valence-electron chi connectivity index (χ4n) is 3.34. The van der Waals surface area contributed by atoms with E-state index in [-0.39, 0.29) is 29.6 Å². The van der Waals surface area contributed by atoms with E-state index in [0.29, 0.717) is 24.8 Å². The van der Waals surface area contributed by atoms with E-state index in [2.05, 4.69) is 5.32 Å². The Morgan fingerprint density at radius 2 is 2.06 bits per heavy atom. The van der Waals surface area contributed by atoms with Gasteiger partial charge in [0.25, 0.3) is 0 Å². The summed E-state index contributed by atoms with van der Waals surface area (Å²) >= 11 is 0. The van der Waals surface area contributed by atoms with Crippen LogP contribution in [0.2, 0.25) is 0 Å². The maximum atomic E-state index is 12.9. The van der Waals surface area contributed by atoms with E-state index in [4.69, 9.17) is 4.74 Å². The number of aliphatic hydroxyl groups excluding tert-OH is 1. The van der Waals surface area contributed by atoms with Crippen molar-refractivity contribution in [2.75, 3.05) is 0 Å². The summed E-state index contributed by atoms with van der Waals surface area (Å²) in [6.45, 7) is 3.96. The fourth-order valence-corrected chi connectivity index (χ4v) is 3.34. The lowest BCUT2D eigenvalue weighted by Crippen LogP contribution is -2.28. The zero-order chi connectivity index (χ0) is 23.3. The Hall–Kier alpha value is -3.12. The second kappa shape index (κ2) is 13.3. The number of phenolic OH excluding ortho intramolecular Hbond substituents is 1. The molecule has 0 bridgehead atoms. The molecule has 0 radical (unpaired) electrons. The molecule has 0 unspecified atom stereocenters. The van der Waals surface area contributed by atoms with E-state index in [9.17, 15) is 19.8 Å². The second-order valence-corrected chi connectivity index (χ2v) is 7.87. The Balaban J connectivity index is 2.11. The van der Waals surface area contributed by atoms with Crippen molar-refractivity contribution < 1.29 is 24.5 Å². The van der Waals surface area contributed by atoms with Crippen LogP contribution in [-0.2, 0) is 16.0 Å². The summed E-state index contributed by atoms with van der Waals surface area (Å²) < 4.78 is 5.68. The lowest BCUT2D eigenvalue weighted by molar-refractivity contribution is -0.115. The van der Waals surface area contributed by atoms with Crippen LogP contribution in [0.5, 0.6) is 5.75 Å². The molecule has 1 aliphatic rings. The summed E-state index contributed by atoms with van der Waals surface area (Å²) in [7, 11) is 0. The van der Waals surface area contributed by atoms with Gasteiger partial charge in [-0.15, -0.1) is 0 Å². The van der Waals surface area contributed by atoms with Gasteiger partial charge < -0.3 is 20.3 Å². The number of carbonyl (C=O) groups is 2. The van der Waals surface area contributed by atoms with Crippen molar-refractivity contribution in [2.24, 2.45) is 5.92 Å². The number of rotatable bonds is 6. The Morgan fingerprint density at radius 1 is 1.25 bits per heavy atom. The van der Waals surface area contributed by atoms with Gasteiger partial charge in [0, 0.05) is 25.1 Å². The molecule has 0 spiro atoms. The minimum Gasteiger partial charge on any atom is -0.507 e. The smallest absolute Gasteiger partial charge is 0.342 e. The monoisotopic (exact) mass is 439 g/mol. The lowest BCUT2D eigenvalue weighted by atomic mass is 9.93. The maximum absolute atomic E-state index is 12.9. The first-order valence-electron chi connectivity index (χ1n) is 11.1. The number of amides is 1. The van der Waals surface area contributed by atoms with Crippen LogP contribution in [0.15, 0.2) is 66.9 Å². The largest absolute Gasteiger partial charge is 0.507 e. The number of phenols is 1. The number of cyclic esters (lactones) is 1. The number of fused-ring (bicyclic) bond motifs is 1. The minimum absolute atomic E-state index is 0.000482. The van der Waals surface area contributed by atoms with Crippen LogP contribution < -0.4 is 5.32 Å². The van der Waals surface area contributed by atoms with Crippen molar-refractivity contribution in [3.05, 3.63) is 78.1 Å². The average Bonchev–Trinajstić information content (AvgIpc) is 2.76. The van der Waals surface area contributed by atoms with Gasteiger partial charge in [0.2, 0.25) is 5.91 Å². The predicted octanol–water partition coefficient (Wildman–Crippen LogP) is 4.35. The van der Waals surface area contributed by atoms with Crippen molar-refractivity contribution in [3.63, 3.8) is 0 Å². The summed E-state index contributed by atoms with van der Waals surface area (Å²) in [6, 6.07) is 4.95. The summed E-state index contributed by atoms with van der Waals surface area (Å²) in [5, 5.41) is 23.4. The molecule has 3 atom stereocenters. The molecule has 3 N–H and O–H groups in total. The fraction of sp³-hybridized carbons (Fsp3) is 0.385. The molecule has 6 nitrogen and oxygen atoms in total. The van der Waals surface area contributed by atoms with Crippen molar-refractivity contribution in [3.8, 4) is 5.75 Å². The molecule has 2 rings (SSSR count). The third-order valence-corrected chi connectivity index (χ3v) is 5.25. The molecule has 1 aromatic carbocycles. The van der Waals surface area contributed by atoms with Gasteiger partial charge in [-0.1, -0.05) is 62.4 Å². The zero-order valence-corrected chi connectivity index (χ0v) is 18.7. The topological polar surface area (TPSA) is 95.9 Å². The molecular formula is C26H33NO5. The summed E-state index contributed by atoms with van der Waals surface area (Å²) in [5.41, 5.74) is 0.832. The molecule has 0 aromatic heterocycles. The average molecular weight is 440 g/mol.